The van der Waals surface area contributed by atoms with Gasteiger partial charge in [-0.05, 0) is 53.1 Å². The van der Waals surface area contributed by atoms with Crippen molar-refractivity contribution >= 4 is 53.3 Å². The number of hydrogen-bond donors (Lipinski definition) is 0. The van der Waals surface area contributed by atoms with Crippen molar-refractivity contribution < 1.29 is 0 Å². The lowest BCUT2D eigenvalue weighted by Crippen LogP contribution is -2.02. The smallest absolute Gasteiger partial charge is 0.166 e. The van der Waals surface area contributed by atoms with Gasteiger partial charge in [0.2, 0.25) is 0 Å². The molecule has 4 aromatic heterocycles. The summed E-state index contributed by atoms with van der Waals surface area (Å²) in [4.78, 5) is 20.9. The van der Waals surface area contributed by atoms with Gasteiger partial charge >= 0.3 is 0 Å². The maximum Gasteiger partial charge on any atom is 0.166 e. The van der Waals surface area contributed by atoms with Crippen molar-refractivity contribution in [2.75, 3.05) is 0 Å². The van der Waals surface area contributed by atoms with Crippen molar-refractivity contribution in [1.82, 2.24) is 24.5 Å². The molecule has 62 heavy (non-hydrogen) atoms. The highest BCUT2D eigenvalue weighted by Gasteiger charge is 2.23. The molecule has 12 aromatic rings. The number of thiophene rings is 1. The van der Waals surface area contributed by atoms with Gasteiger partial charge in [-0.2, -0.15) is 0 Å². The van der Waals surface area contributed by atoms with E-state index < -0.39 is 0 Å². The first kappa shape index (κ1) is 35.8. The van der Waals surface area contributed by atoms with Crippen molar-refractivity contribution in [2.24, 2.45) is 0 Å². The lowest BCUT2D eigenvalue weighted by molar-refractivity contribution is 1.07. The number of benzene rings is 8. The zero-order valence-corrected chi connectivity index (χ0v) is 34.2. The molecule has 6 heteroatoms. The number of rotatable bonds is 7. The fourth-order valence-electron chi connectivity index (χ4n) is 8.82. The highest BCUT2D eigenvalue weighted by atomic mass is 32.1. The van der Waals surface area contributed by atoms with Crippen molar-refractivity contribution in [2.45, 2.75) is 0 Å². The van der Waals surface area contributed by atoms with Crippen LogP contribution in [0.3, 0.4) is 0 Å². The quantitative estimate of drug-likeness (QED) is 0.161. The molecule has 290 valence electrons. The Morgan fingerprint density at radius 2 is 0.952 bits per heavy atom. The van der Waals surface area contributed by atoms with Crippen LogP contribution in [-0.4, -0.2) is 24.5 Å². The van der Waals surface area contributed by atoms with Gasteiger partial charge in [0.05, 0.1) is 16.7 Å². The highest BCUT2D eigenvalue weighted by molar-refractivity contribution is 7.26. The predicted octanol–water partition coefficient (Wildman–Crippen LogP) is 14.7. The van der Waals surface area contributed by atoms with Crippen LogP contribution in [0.5, 0.6) is 0 Å². The third-order valence-corrected chi connectivity index (χ3v) is 12.9. The number of fused-ring (bicyclic) bond motifs is 7. The summed E-state index contributed by atoms with van der Waals surface area (Å²) in [5.74, 6) is 1.77. The molecule has 0 spiro atoms. The van der Waals surface area contributed by atoms with Gasteiger partial charge in [-0.25, -0.2) is 15.0 Å². The van der Waals surface area contributed by atoms with Crippen molar-refractivity contribution in [3.8, 4) is 73.4 Å². The molecule has 0 fully saturated rings. The average Bonchev–Trinajstić information content (AvgIpc) is 3.91. The van der Waals surface area contributed by atoms with E-state index in [4.69, 9.17) is 19.9 Å². The van der Waals surface area contributed by atoms with Gasteiger partial charge < -0.3 is 4.57 Å². The molecule has 0 radical (unpaired) electrons. The van der Waals surface area contributed by atoms with E-state index in [2.05, 4.69) is 144 Å². The fourth-order valence-corrected chi connectivity index (χ4v) is 10.0. The van der Waals surface area contributed by atoms with Gasteiger partial charge in [0.25, 0.3) is 0 Å². The largest absolute Gasteiger partial charge is 0.309 e. The molecule has 0 N–H and O–H groups in total. The van der Waals surface area contributed by atoms with Crippen LogP contribution in [0, 0.1) is 0 Å². The Morgan fingerprint density at radius 3 is 1.66 bits per heavy atom. The molecule has 0 bridgehead atoms. The molecule has 12 rings (SSSR count). The number of para-hydroxylation sites is 2. The van der Waals surface area contributed by atoms with Crippen LogP contribution < -0.4 is 0 Å². The molecule has 0 aliphatic rings. The topological polar surface area (TPSA) is 56.5 Å². The monoisotopic (exact) mass is 809 g/mol. The van der Waals surface area contributed by atoms with Gasteiger partial charge in [-0.15, -0.1) is 11.3 Å². The number of aromatic nitrogens is 5. The summed E-state index contributed by atoms with van der Waals surface area (Å²) in [6, 6.07) is 72.3. The van der Waals surface area contributed by atoms with E-state index in [1.165, 1.54) is 37.3 Å². The maximum absolute atomic E-state index is 5.39. The Morgan fingerprint density at radius 1 is 0.387 bits per heavy atom. The maximum atomic E-state index is 5.39. The van der Waals surface area contributed by atoms with E-state index in [1.54, 1.807) is 0 Å². The molecular formula is C56H35N5S. The first-order valence-electron chi connectivity index (χ1n) is 20.7. The molecule has 0 unspecified atom stereocenters. The third-order valence-electron chi connectivity index (χ3n) is 11.7. The summed E-state index contributed by atoms with van der Waals surface area (Å²) in [6.45, 7) is 0. The second-order valence-corrected chi connectivity index (χ2v) is 16.5. The SMILES string of the molecule is c1ccc(-c2cccc(-c3cnc(-c4cccc5c4sc4ccc6c7ccccc7n(-c7ccccc7)c6c45)c(-c4nc(-c5ccccc5)nc(-c5ccccc5)n4)c3)c2)cc1. The summed E-state index contributed by atoms with van der Waals surface area (Å²) >= 11 is 1.81. The normalized spacial score (nSPS) is 11.5. The van der Waals surface area contributed by atoms with Gasteiger partial charge in [-0.1, -0.05) is 170 Å². The molecule has 0 aliphatic heterocycles. The van der Waals surface area contributed by atoms with Crippen molar-refractivity contribution in [3.05, 3.63) is 212 Å². The summed E-state index contributed by atoms with van der Waals surface area (Å²) in [5.41, 5.74) is 12.4. The zero-order valence-electron chi connectivity index (χ0n) is 33.4. The van der Waals surface area contributed by atoms with Gasteiger partial charge in [-0.3, -0.25) is 4.98 Å². The Bertz CT molecular complexity index is 3560. The van der Waals surface area contributed by atoms with Crippen LogP contribution in [-0.2, 0) is 0 Å². The molecule has 4 heterocycles. The summed E-state index contributed by atoms with van der Waals surface area (Å²) in [7, 11) is 0. The zero-order chi connectivity index (χ0) is 41.0. The average molecular weight is 810 g/mol. The molecule has 8 aromatic carbocycles. The molecule has 0 atom stereocenters. The molecule has 5 nitrogen and oxygen atoms in total. The Hall–Kier alpha value is -8.06. The van der Waals surface area contributed by atoms with E-state index in [1.807, 2.05) is 84.3 Å². The second kappa shape index (κ2) is 14.9. The Balaban J connectivity index is 1.13. The molecule has 0 aliphatic carbocycles. The first-order valence-corrected chi connectivity index (χ1v) is 21.5. The first-order chi connectivity index (χ1) is 30.7. The molecular weight excluding hydrogens is 775 g/mol. The summed E-state index contributed by atoms with van der Waals surface area (Å²) < 4.78 is 4.80. The van der Waals surface area contributed by atoms with E-state index in [-0.39, 0.29) is 0 Å². The highest BCUT2D eigenvalue weighted by Crippen LogP contribution is 2.47. The lowest BCUT2D eigenvalue weighted by atomic mass is 9.96. The van der Waals surface area contributed by atoms with Crippen LogP contribution >= 0.6 is 11.3 Å². The van der Waals surface area contributed by atoms with E-state index in [9.17, 15) is 0 Å². The lowest BCUT2D eigenvalue weighted by Gasteiger charge is -2.14. The van der Waals surface area contributed by atoms with Gasteiger partial charge in [0, 0.05) is 70.6 Å². The minimum Gasteiger partial charge on any atom is -0.309 e. The Kier molecular flexibility index (Phi) is 8.61. The summed E-state index contributed by atoms with van der Waals surface area (Å²) in [5, 5.41) is 4.89. The van der Waals surface area contributed by atoms with Crippen LogP contribution in [0.25, 0.3) is 115 Å². The standard InChI is InChI=1S/C56H35N5S/c1-5-17-36(18-6-1)39-23-15-24-40(33-39)41-34-47(56-59-54(37-19-7-2-8-20-37)58-55(60-56)38-21-9-3-10-22-38)51(57-35-41)46-29-16-28-45-50-49(62-53(45)46)32-31-44-43-27-13-14-30-48(43)61(52(44)50)42-25-11-4-12-26-42/h1-35H. The van der Waals surface area contributed by atoms with E-state index >= 15 is 0 Å². The Labute approximate surface area is 361 Å². The van der Waals surface area contributed by atoms with Crippen LogP contribution in [0.15, 0.2) is 212 Å². The fraction of sp³-hybridized carbons (Fsp3) is 0. The number of hydrogen-bond acceptors (Lipinski definition) is 5. The molecule has 0 saturated carbocycles. The number of nitrogens with zero attached hydrogens (tertiary/aromatic N) is 5. The van der Waals surface area contributed by atoms with Crippen LogP contribution in [0.2, 0.25) is 0 Å². The molecule has 0 saturated heterocycles. The third kappa shape index (κ3) is 6.08. The predicted molar refractivity (Wildman–Crippen MR) is 257 cm³/mol. The van der Waals surface area contributed by atoms with Crippen molar-refractivity contribution in [1.29, 1.82) is 0 Å². The molecule has 0 amide bonds. The second-order valence-electron chi connectivity index (χ2n) is 15.4. The van der Waals surface area contributed by atoms with Crippen molar-refractivity contribution in [3.63, 3.8) is 0 Å². The van der Waals surface area contributed by atoms with Gasteiger partial charge in [0.15, 0.2) is 17.5 Å². The van der Waals surface area contributed by atoms with Gasteiger partial charge in [0.1, 0.15) is 0 Å². The van der Waals surface area contributed by atoms with Crippen LogP contribution in [0.1, 0.15) is 0 Å². The number of pyridine rings is 1. The van der Waals surface area contributed by atoms with Crippen LogP contribution in [0.4, 0.5) is 0 Å². The van der Waals surface area contributed by atoms with E-state index in [0.29, 0.717) is 17.5 Å². The minimum atomic E-state index is 0.561. The summed E-state index contributed by atoms with van der Waals surface area (Å²) in [6.07, 6.45) is 2.00. The van der Waals surface area contributed by atoms with E-state index in [0.717, 1.165) is 60.6 Å². The minimum absolute atomic E-state index is 0.561.